The summed E-state index contributed by atoms with van der Waals surface area (Å²) < 4.78 is 5.61. The largest absolute Gasteiger partial charge is 0.376 e. The van der Waals surface area contributed by atoms with Crippen molar-refractivity contribution >= 4 is 11.7 Å². The molecule has 2 heterocycles. The van der Waals surface area contributed by atoms with E-state index in [9.17, 15) is 4.79 Å². The van der Waals surface area contributed by atoms with E-state index in [-0.39, 0.29) is 18.1 Å². The number of nitrogens with one attached hydrogen (secondary N) is 2. The molecule has 0 radical (unpaired) electrons. The number of aryl methyl sites for hydroxylation is 1. The third kappa shape index (κ3) is 4.90. The van der Waals surface area contributed by atoms with Gasteiger partial charge in [0.15, 0.2) is 0 Å². The molecular weight excluding hydrogens is 304 g/mol. The molecule has 2 N–H and O–H groups in total. The predicted octanol–water partition coefficient (Wildman–Crippen LogP) is 2.83. The zero-order valence-electron chi connectivity index (χ0n) is 14.5. The summed E-state index contributed by atoms with van der Waals surface area (Å²) in [6.45, 7) is 3.38. The Bertz CT molecular complexity index is 550. The number of ether oxygens (including phenoxy) is 1. The molecule has 2 fully saturated rings. The van der Waals surface area contributed by atoms with Crippen molar-refractivity contribution in [3.05, 3.63) is 17.6 Å². The first-order chi connectivity index (χ1) is 11.7. The second-order valence-corrected chi connectivity index (χ2v) is 6.86. The van der Waals surface area contributed by atoms with Gasteiger partial charge >= 0.3 is 0 Å². The number of hydrogen-bond acceptors (Lipinski definition) is 5. The van der Waals surface area contributed by atoms with E-state index in [1.165, 1.54) is 25.7 Å². The SMILES string of the molecule is Cc1nc(NCC2CCCO2)cc(C(=O)NC2CCCCCC2)n1. The number of nitrogens with zero attached hydrogens (tertiary/aromatic N) is 2. The number of carbonyl (C=O) groups is 1. The second-order valence-electron chi connectivity index (χ2n) is 6.86. The maximum atomic E-state index is 12.5. The Morgan fingerprint density at radius 1 is 1.17 bits per heavy atom. The van der Waals surface area contributed by atoms with Crippen LogP contribution < -0.4 is 10.6 Å². The Hall–Kier alpha value is -1.69. The Kier molecular flexibility index (Phi) is 6.01. The van der Waals surface area contributed by atoms with Crippen molar-refractivity contribution in [1.29, 1.82) is 0 Å². The van der Waals surface area contributed by atoms with Crippen LogP contribution in [0, 0.1) is 6.92 Å². The molecule has 1 atom stereocenters. The molecule has 132 valence electrons. The van der Waals surface area contributed by atoms with Gasteiger partial charge in [0.25, 0.3) is 5.91 Å². The van der Waals surface area contributed by atoms with Crippen LogP contribution in [0.4, 0.5) is 5.82 Å². The quantitative estimate of drug-likeness (QED) is 0.811. The van der Waals surface area contributed by atoms with Crippen LogP contribution in [0.5, 0.6) is 0 Å². The molecule has 1 aromatic rings. The second kappa shape index (κ2) is 8.42. The Labute approximate surface area is 143 Å². The molecule has 6 nitrogen and oxygen atoms in total. The Morgan fingerprint density at radius 3 is 2.67 bits per heavy atom. The van der Waals surface area contributed by atoms with E-state index in [4.69, 9.17) is 4.74 Å². The molecule has 0 bridgehead atoms. The van der Waals surface area contributed by atoms with E-state index in [0.29, 0.717) is 17.3 Å². The van der Waals surface area contributed by atoms with Crippen LogP contribution in [0.1, 0.15) is 67.7 Å². The Balaban J connectivity index is 1.60. The lowest BCUT2D eigenvalue weighted by Crippen LogP contribution is -2.35. The monoisotopic (exact) mass is 332 g/mol. The lowest BCUT2D eigenvalue weighted by atomic mass is 10.1. The summed E-state index contributed by atoms with van der Waals surface area (Å²) in [5, 5.41) is 6.43. The lowest BCUT2D eigenvalue weighted by molar-refractivity contribution is 0.0928. The van der Waals surface area contributed by atoms with Gasteiger partial charge in [-0.3, -0.25) is 4.79 Å². The summed E-state index contributed by atoms with van der Waals surface area (Å²) in [5.41, 5.74) is 0.446. The fraction of sp³-hybridized carbons (Fsp3) is 0.722. The van der Waals surface area contributed by atoms with Crippen molar-refractivity contribution in [3.8, 4) is 0 Å². The molecule has 3 rings (SSSR count). The normalized spacial score (nSPS) is 22.1. The lowest BCUT2D eigenvalue weighted by Gasteiger charge is -2.16. The standard InChI is InChI=1S/C18H28N4O2/c1-13-20-16(18(23)22-14-7-4-2-3-5-8-14)11-17(21-13)19-12-15-9-6-10-24-15/h11,14-15H,2-10,12H2,1H3,(H,22,23)(H,19,20,21). The van der Waals surface area contributed by atoms with Gasteiger partial charge in [-0.25, -0.2) is 9.97 Å². The highest BCUT2D eigenvalue weighted by atomic mass is 16.5. The summed E-state index contributed by atoms with van der Waals surface area (Å²) in [7, 11) is 0. The molecular formula is C18H28N4O2. The smallest absolute Gasteiger partial charge is 0.270 e. The van der Waals surface area contributed by atoms with E-state index in [1.807, 2.05) is 6.92 Å². The molecule has 1 unspecified atom stereocenters. The van der Waals surface area contributed by atoms with Gasteiger partial charge in [-0.1, -0.05) is 25.7 Å². The third-order valence-corrected chi connectivity index (χ3v) is 4.80. The molecule has 0 spiro atoms. The molecule has 1 aliphatic heterocycles. The molecule has 1 amide bonds. The summed E-state index contributed by atoms with van der Waals surface area (Å²) in [6, 6.07) is 2.02. The van der Waals surface area contributed by atoms with Crippen molar-refractivity contribution in [2.24, 2.45) is 0 Å². The van der Waals surface area contributed by atoms with Gasteiger partial charge < -0.3 is 15.4 Å². The van der Waals surface area contributed by atoms with Crippen molar-refractivity contribution in [2.45, 2.75) is 70.4 Å². The van der Waals surface area contributed by atoms with Crippen molar-refractivity contribution in [2.75, 3.05) is 18.5 Å². The van der Waals surface area contributed by atoms with Gasteiger partial charge in [0.2, 0.25) is 0 Å². The van der Waals surface area contributed by atoms with Crippen LogP contribution >= 0.6 is 0 Å². The van der Waals surface area contributed by atoms with Gasteiger partial charge in [-0.15, -0.1) is 0 Å². The average molecular weight is 332 g/mol. The van der Waals surface area contributed by atoms with E-state index in [1.54, 1.807) is 6.07 Å². The van der Waals surface area contributed by atoms with Crippen LogP contribution in [0.2, 0.25) is 0 Å². The minimum atomic E-state index is -0.0902. The average Bonchev–Trinajstić information content (AvgIpc) is 2.96. The fourth-order valence-corrected chi connectivity index (χ4v) is 3.48. The number of carbonyl (C=O) groups excluding carboxylic acids is 1. The first kappa shape index (κ1) is 17.1. The number of hydrogen-bond donors (Lipinski definition) is 2. The maximum Gasteiger partial charge on any atom is 0.270 e. The molecule has 6 heteroatoms. The van der Waals surface area contributed by atoms with Crippen molar-refractivity contribution in [1.82, 2.24) is 15.3 Å². The minimum absolute atomic E-state index is 0.0902. The van der Waals surface area contributed by atoms with E-state index >= 15 is 0 Å². The highest BCUT2D eigenvalue weighted by Crippen LogP contribution is 2.18. The topological polar surface area (TPSA) is 76.1 Å². The van der Waals surface area contributed by atoms with Crippen LogP contribution in [-0.2, 0) is 4.74 Å². The molecule has 24 heavy (non-hydrogen) atoms. The van der Waals surface area contributed by atoms with Crippen molar-refractivity contribution < 1.29 is 9.53 Å². The van der Waals surface area contributed by atoms with Crippen LogP contribution in [0.15, 0.2) is 6.07 Å². The summed E-state index contributed by atoms with van der Waals surface area (Å²) in [4.78, 5) is 21.2. The number of anilines is 1. The third-order valence-electron chi connectivity index (χ3n) is 4.80. The highest BCUT2D eigenvalue weighted by Gasteiger charge is 2.19. The van der Waals surface area contributed by atoms with Gasteiger partial charge in [0, 0.05) is 25.3 Å². The van der Waals surface area contributed by atoms with Gasteiger partial charge in [0.05, 0.1) is 6.10 Å². The first-order valence-electron chi connectivity index (χ1n) is 9.23. The molecule has 1 aliphatic carbocycles. The highest BCUT2D eigenvalue weighted by molar-refractivity contribution is 5.93. The summed E-state index contributed by atoms with van der Waals surface area (Å²) in [6.07, 6.45) is 9.51. The number of amides is 1. The minimum Gasteiger partial charge on any atom is -0.376 e. The predicted molar refractivity (Wildman–Crippen MR) is 93.2 cm³/mol. The zero-order chi connectivity index (χ0) is 16.8. The van der Waals surface area contributed by atoms with Crippen LogP contribution in [-0.4, -0.2) is 41.2 Å². The maximum absolute atomic E-state index is 12.5. The van der Waals surface area contributed by atoms with Crippen LogP contribution in [0.3, 0.4) is 0 Å². The fourth-order valence-electron chi connectivity index (χ4n) is 3.48. The van der Waals surface area contributed by atoms with E-state index in [2.05, 4.69) is 20.6 Å². The zero-order valence-corrected chi connectivity index (χ0v) is 14.5. The summed E-state index contributed by atoms with van der Waals surface area (Å²) >= 11 is 0. The number of rotatable bonds is 5. The molecule has 1 saturated heterocycles. The summed E-state index contributed by atoms with van der Waals surface area (Å²) in [5.74, 6) is 1.22. The van der Waals surface area contributed by atoms with Gasteiger partial charge in [-0.05, 0) is 32.6 Å². The van der Waals surface area contributed by atoms with E-state index < -0.39 is 0 Å². The van der Waals surface area contributed by atoms with Gasteiger partial charge in [0.1, 0.15) is 17.3 Å². The Morgan fingerprint density at radius 2 is 1.96 bits per heavy atom. The van der Waals surface area contributed by atoms with Crippen LogP contribution in [0.25, 0.3) is 0 Å². The molecule has 1 aromatic heterocycles. The van der Waals surface area contributed by atoms with Gasteiger partial charge in [-0.2, -0.15) is 0 Å². The number of aromatic nitrogens is 2. The molecule has 1 saturated carbocycles. The van der Waals surface area contributed by atoms with E-state index in [0.717, 1.165) is 38.8 Å². The first-order valence-corrected chi connectivity index (χ1v) is 9.23. The molecule has 2 aliphatic rings. The van der Waals surface area contributed by atoms with Crippen molar-refractivity contribution in [3.63, 3.8) is 0 Å². The molecule has 0 aromatic carbocycles.